The number of aromatic nitrogens is 2. The maximum absolute atomic E-state index is 12.0. The number of nitrogen functional groups attached to an aromatic ring is 1. The van der Waals surface area contributed by atoms with Gasteiger partial charge in [0.2, 0.25) is 9.47 Å². The average molecular weight is 266 g/mol. The minimum absolute atomic E-state index is 0.00750. The lowest BCUT2D eigenvalue weighted by Crippen LogP contribution is -2.37. The molecule has 1 saturated heterocycles. The monoisotopic (exact) mass is 266 g/mol. The van der Waals surface area contributed by atoms with Gasteiger partial charge in [0, 0.05) is 24.6 Å². The third-order valence-corrected chi connectivity index (χ3v) is 5.89. The molecule has 2 heterocycles. The predicted molar refractivity (Wildman–Crippen MR) is 60.4 cm³/mol. The van der Waals surface area contributed by atoms with Crippen LogP contribution in [0.5, 0.6) is 0 Å². The van der Waals surface area contributed by atoms with Crippen LogP contribution in [0.15, 0.2) is 4.34 Å². The van der Waals surface area contributed by atoms with Crippen LogP contribution >= 0.6 is 23.1 Å². The second-order valence-corrected chi connectivity index (χ2v) is 7.27. The van der Waals surface area contributed by atoms with Crippen molar-refractivity contribution in [1.82, 2.24) is 14.5 Å². The summed E-state index contributed by atoms with van der Waals surface area (Å²) in [6.45, 7) is 1.07. The number of hydrogen-bond donors (Lipinski definition) is 1. The molecule has 0 atom stereocenters. The number of nitrogens with two attached hydrogens (primary N) is 1. The highest BCUT2D eigenvalue weighted by Gasteiger charge is 2.29. The third kappa shape index (κ3) is 2.25. The van der Waals surface area contributed by atoms with Crippen molar-refractivity contribution in [2.45, 2.75) is 4.34 Å². The SMILES string of the molecule is Nc1nnc(S(=O)(=O)N2CCSCC2)s1. The van der Waals surface area contributed by atoms with E-state index in [1.54, 1.807) is 11.8 Å². The zero-order chi connectivity index (χ0) is 10.9. The van der Waals surface area contributed by atoms with Crippen molar-refractivity contribution in [3.8, 4) is 0 Å². The molecule has 0 spiro atoms. The number of anilines is 1. The van der Waals surface area contributed by atoms with Gasteiger partial charge in [-0.2, -0.15) is 16.1 Å². The molecule has 0 amide bonds. The Morgan fingerprint density at radius 3 is 2.47 bits per heavy atom. The van der Waals surface area contributed by atoms with Gasteiger partial charge in [-0.15, -0.1) is 10.2 Å². The summed E-state index contributed by atoms with van der Waals surface area (Å²) in [5, 5.41) is 7.26. The zero-order valence-electron chi connectivity index (χ0n) is 7.79. The normalized spacial score (nSPS) is 19.2. The van der Waals surface area contributed by atoms with Gasteiger partial charge in [0.1, 0.15) is 0 Å². The fourth-order valence-electron chi connectivity index (χ4n) is 1.22. The summed E-state index contributed by atoms with van der Waals surface area (Å²) in [5.41, 5.74) is 5.36. The van der Waals surface area contributed by atoms with Gasteiger partial charge < -0.3 is 5.73 Å². The Labute approximate surface area is 95.9 Å². The fraction of sp³-hybridized carbons (Fsp3) is 0.667. The minimum Gasteiger partial charge on any atom is -0.374 e. The zero-order valence-corrected chi connectivity index (χ0v) is 10.2. The van der Waals surface area contributed by atoms with Crippen molar-refractivity contribution in [2.75, 3.05) is 30.3 Å². The lowest BCUT2D eigenvalue weighted by molar-refractivity contribution is 0.442. The van der Waals surface area contributed by atoms with E-state index in [9.17, 15) is 8.42 Å². The van der Waals surface area contributed by atoms with Crippen LogP contribution in [0, 0.1) is 0 Å². The number of sulfonamides is 1. The van der Waals surface area contributed by atoms with Gasteiger partial charge in [-0.1, -0.05) is 11.3 Å². The Bertz CT molecular complexity index is 437. The molecule has 0 radical (unpaired) electrons. The number of thioether (sulfide) groups is 1. The van der Waals surface area contributed by atoms with E-state index in [1.807, 2.05) is 0 Å². The molecule has 15 heavy (non-hydrogen) atoms. The molecule has 9 heteroatoms. The van der Waals surface area contributed by atoms with Crippen molar-refractivity contribution >= 4 is 38.3 Å². The predicted octanol–water partition coefficient (Wildman–Crippen LogP) is -0.142. The van der Waals surface area contributed by atoms with Crippen LogP contribution in [-0.2, 0) is 10.0 Å². The Kier molecular flexibility index (Phi) is 3.14. The van der Waals surface area contributed by atoms with Crippen LogP contribution in [0.1, 0.15) is 0 Å². The Morgan fingerprint density at radius 2 is 1.93 bits per heavy atom. The first-order valence-corrected chi connectivity index (χ1v) is 7.69. The molecule has 0 aliphatic carbocycles. The highest BCUT2D eigenvalue weighted by atomic mass is 32.2. The smallest absolute Gasteiger partial charge is 0.272 e. The van der Waals surface area contributed by atoms with E-state index >= 15 is 0 Å². The highest BCUT2D eigenvalue weighted by Crippen LogP contribution is 2.23. The van der Waals surface area contributed by atoms with E-state index < -0.39 is 10.0 Å². The lowest BCUT2D eigenvalue weighted by Gasteiger charge is -2.23. The lowest BCUT2D eigenvalue weighted by atomic mass is 10.6. The molecule has 0 unspecified atom stereocenters. The second kappa shape index (κ2) is 4.24. The van der Waals surface area contributed by atoms with Gasteiger partial charge in [0.15, 0.2) is 0 Å². The van der Waals surface area contributed by atoms with Crippen LogP contribution < -0.4 is 5.73 Å². The van der Waals surface area contributed by atoms with Gasteiger partial charge in [0.25, 0.3) is 10.0 Å². The van der Waals surface area contributed by atoms with Crippen LogP contribution in [0.25, 0.3) is 0 Å². The van der Waals surface area contributed by atoms with E-state index in [0.717, 1.165) is 22.8 Å². The third-order valence-electron chi connectivity index (χ3n) is 1.95. The van der Waals surface area contributed by atoms with Crippen LogP contribution in [0.3, 0.4) is 0 Å². The molecule has 1 aromatic heterocycles. The first-order chi connectivity index (χ1) is 7.10. The maximum atomic E-state index is 12.0. The van der Waals surface area contributed by atoms with E-state index in [4.69, 9.17) is 5.73 Å². The molecule has 6 nitrogen and oxygen atoms in total. The number of rotatable bonds is 2. The van der Waals surface area contributed by atoms with Crippen LogP contribution in [0.4, 0.5) is 5.13 Å². The van der Waals surface area contributed by atoms with Crippen LogP contribution in [0.2, 0.25) is 0 Å². The standard InChI is InChI=1S/C6H10N4O2S3/c7-5-8-9-6(14-5)15(11,12)10-1-3-13-4-2-10/h1-4H2,(H2,7,8). The van der Waals surface area contributed by atoms with Gasteiger partial charge >= 0.3 is 0 Å². The molecule has 0 aromatic carbocycles. The molecule has 0 saturated carbocycles. The van der Waals surface area contributed by atoms with Crippen molar-refractivity contribution in [3.05, 3.63) is 0 Å². The molecule has 1 aromatic rings. The molecule has 84 valence electrons. The fourth-order valence-corrected chi connectivity index (χ4v) is 4.72. The summed E-state index contributed by atoms with van der Waals surface area (Å²) in [7, 11) is -3.46. The summed E-state index contributed by atoms with van der Waals surface area (Å²) in [6.07, 6.45) is 0. The quantitative estimate of drug-likeness (QED) is 0.801. The Balaban J connectivity index is 2.26. The molecule has 1 aliphatic heterocycles. The van der Waals surface area contributed by atoms with Crippen LogP contribution in [-0.4, -0.2) is 47.5 Å². The molecular weight excluding hydrogens is 256 g/mol. The summed E-state index contributed by atoms with van der Waals surface area (Å²) < 4.78 is 25.4. The van der Waals surface area contributed by atoms with Gasteiger partial charge in [-0.05, 0) is 0 Å². The molecule has 1 aliphatic rings. The molecular formula is C6H10N4O2S3. The Hall–Kier alpha value is -0.380. The largest absolute Gasteiger partial charge is 0.374 e. The number of nitrogens with zero attached hydrogens (tertiary/aromatic N) is 3. The van der Waals surface area contributed by atoms with Gasteiger partial charge in [0.05, 0.1) is 0 Å². The molecule has 1 fully saturated rings. The Morgan fingerprint density at radius 1 is 1.27 bits per heavy atom. The molecule has 0 bridgehead atoms. The van der Waals surface area contributed by atoms with Crippen molar-refractivity contribution in [2.24, 2.45) is 0 Å². The first kappa shape index (κ1) is 11.1. The summed E-state index contributed by atoms with van der Waals surface area (Å²) in [4.78, 5) is 0. The topological polar surface area (TPSA) is 89.2 Å². The van der Waals surface area contributed by atoms with Crippen molar-refractivity contribution < 1.29 is 8.42 Å². The highest BCUT2D eigenvalue weighted by molar-refractivity contribution is 7.99. The second-order valence-electron chi connectivity index (χ2n) is 2.92. The van der Waals surface area contributed by atoms with Gasteiger partial charge in [-0.25, -0.2) is 8.42 Å². The van der Waals surface area contributed by atoms with Gasteiger partial charge in [-0.3, -0.25) is 0 Å². The van der Waals surface area contributed by atoms with E-state index in [0.29, 0.717) is 13.1 Å². The molecule has 2 rings (SSSR count). The summed E-state index contributed by atoms with van der Waals surface area (Å²) >= 11 is 2.66. The van der Waals surface area contributed by atoms with E-state index in [2.05, 4.69) is 10.2 Å². The summed E-state index contributed by atoms with van der Waals surface area (Å²) in [6, 6.07) is 0. The maximum Gasteiger partial charge on any atom is 0.272 e. The van der Waals surface area contributed by atoms with E-state index in [-0.39, 0.29) is 9.47 Å². The number of hydrogen-bond acceptors (Lipinski definition) is 7. The average Bonchev–Trinajstić information content (AvgIpc) is 2.67. The molecule has 2 N–H and O–H groups in total. The first-order valence-electron chi connectivity index (χ1n) is 4.27. The van der Waals surface area contributed by atoms with Crippen molar-refractivity contribution in [1.29, 1.82) is 0 Å². The minimum atomic E-state index is -3.46. The van der Waals surface area contributed by atoms with E-state index in [1.165, 1.54) is 4.31 Å². The van der Waals surface area contributed by atoms with Crippen molar-refractivity contribution in [3.63, 3.8) is 0 Å². The summed E-state index contributed by atoms with van der Waals surface area (Å²) in [5.74, 6) is 1.65.